The maximum Gasteiger partial charge on any atom is 0.339 e. The molecule has 14 heavy (non-hydrogen) atoms. The van der Waals surface area contributed by atoms with E-state index >= 15 is 0 Å². The number of pyridine rings is 1. The highest BCUT2D eigenvalue weighted by Gasteiger charge is 2.18. The van der Waals surface area contributed by atoms with E-state index in [1.807, 2.05) is 0 Å². The van der Waals surface area contributed by atoms with Gasteiger partial charge in [0.15, 0.2) is 0 Å². The van der Waals surface area contributed by atoms with Crippen LogP contribution in [0.2, 0.25) is 0 Å². The van der Waals surface area contributed by atoms with Crippen molar-refractivity contribution in [1.82, 2.24) is 0 Å². The van der Waals surface area contributed by atoms with Gasteiger partial charge in [0.25, 0.3) is 0 Å². The van der Waals surface area contributed by atoms with Crippen molar-refractivity contribution in [3.8, 4) is 0 Å². The van der Waals surface area contributed by atoms with Gasteiger partial charge in [0.2, 0.25) is 12.4 Å². The van der Waals surface area contributed by atoms with Gasteiger partial charge in [-0.05, 0) is 20.8 Å². The van der Waals surface area contributed by atoms with Crippen molar-refractivity contribution in [2.45, 2.75) is 26.4 Å². The number of carbonyl (C=O) groups is 1. The van der Waals surface area contributed by atoms with Gasteiger partial charge in [-0.3, -0.25) is 5.21 Å². The summed E-state index contributed by atoms with van der Waals surface area (Å²) in [6.07, 6.45) is 2.75. The first-order valence-corrected chi connectivity index (χ1v) is 4.32. The number of aromatic nitrogens is 1. The van der Waals surface area contributed by atoms with Crippen molar-refractivity contribution < 1.29 is 19.5 Å². The third kappa shape index (κ3) is 3.05. The van der Waals surface area contributed by atoms with Gasteiger partial charge in [0.05, 0.1) is 5.56 Å². The first-order chi connectivity index (χ1) is 6.38. The summed E-state index contributed by atoms with van der Waals surface area (Å²) in [6, 6.07) is 2.99. The summed E-state index contributed by atoms with van der Waals surface area (Å²) in [5, 5.41) is 8.94. The molecule has 0 radical (unpaired) electrons. The molecule has 4 heteroatoms. The number of nitrogens with zero attached hydrogens (tertiary/aromatic N) is 1. The van der Waals surface area contributed by atoms with E-state index in [1.165, 1.54) is 24.5 Å². The molecule has 0 spiro atoms. The normalized spacial score (nSPS) is 11.1. The second-order valence-electron chi connectivity index (χ2n) is 3.97. The van der Waals surface area contributed by atoms with Crippen LogP contribution in [0.5, 0.6) is 0 Å². The van der Waals surface area contributed by atoms with E-state index in [0.29, 0.717) is 5.56 Å². The van der Waals surface area contributed by atoms with Gasteiger partial charge in [-0.15, -0.1) is 0 Å². The first-order valence-electron chi connectivity index (χ1n) is 4.32. The minimum absolute atomic E-state index is 0.391. The van der Waals surface area contributed by atoms with Crippen LogP contribution in [0.15, 0.2) is 24.5 Å². The number of hydrogen-bond donors (Lipinski definition) is 1. The highest BCUT2D eigenvalue weighted by molar-refractivity contribution is 5.89. The molecule has 0 fully saturated rings. The quantitative estimate of drug-likeness (QED) is 0.416. The Balaban J connectivity index is 2.76. The number of ether oxygens (including phenoxy) is 1. The Labute approximate surface area is 82.7 Å². The molecule has 0 atom stereocenters. The fourth-order valence-electron chi connectivity index (χ4n) is 0.892. The number of esters is 1. The van der Waals surface area contributed by atoms with Crippen molar-refractivity contribution in [1.29, 1.82) is 0 Å². The van der Waals surface area contributed by atoms with Crippen LogP contribution in [0, 0.1) is 0 Å². The Kier molecular flexibility index (Phi) is 2.74. The molecule has 0 amide bonds. The molecule has 76 valence electrons. The van der Waals surface area contributed by atoms with Crippen LogP contribution in [0.4, 0.5) is 0 Å². The van der Waals surface area contributed by atoms with E-state index < -0.39 is 11.6 Å². The van der Waals surface area contributed by atoms with Gasteiger partial charge >= 0.3 is 5.97 Å². The predicted molar refractivity (Wildman–Crippen MR) is 49.0 cm³/mol. The van der Waals surface area contributed by atoms with Crippen molar-refractivity contribution in [3.63, 3.8) is 0 Å². The van der Waals surface area contributed by atoms with E-state index in [4.69, 9.17) is 9.94 Å². The number of carbonyl (C=O) groups excluding carboxylic acids is 1. The van der Waals surface area contributed by atoms with E-state index in [9.17, 15) is 4.79 Å². The van der Waals surface area contributed by atoms with Gasteiger partial charge in [-0.2, -0.15) is 0 Å². The van der Waals surface area contributed by atoms with Gasteiger partial charge in [0, 0.05) is 16.9 Å². The standard InChI is InChI=1S/C10H14NO3/c1-10(2,3)14-9(12)8-4-6-11(13)7-5-8/h4-7,13H,1-3H3/q+1. The van der Waals surface area contributed by atoms with Gasteiger partial charge in [0.1, 0.15) is 5.60 Å². The van der Waals surface area contributed by atoms with E-state index in [2.05, 4.69) is 0 Å². The average molecular weight is 196 g/mol. The molecule has 0 aliphatic carbocycles. The molecule has 0 bridgehead atoms. The Hall–Kier alpha value is -1.58. The zero-order chi connectivity index (χ0) is 10.8. The molecule has 0 saturated heterocycles. The third-order valence-corrected chi connectivity index (χ3v) is 1.45. The Morgan fingerprint density at radius 1 is 1.36 bits per heavy atom. The van der Waals surface area contributed by atoms with Crippen LogP contribution in [0.1, 0.15) is 31.1 Å². The lowest BCUT2D eigenvalue weighted by atomic mass is 10.2. The summed E-state index contributed by atoms with van der Waals surface area (Å²) in [7, 11) is 0. The summed E-state index contributed by atoms with van der Waals surface area (Å²) in [4.78, 5) is 11.5. The smallest absolute Gasteiger partial charge is 0.339 e. The van der Waals surface area contributed by atoms with Gasteiger partial charge in [-0.25, -0.2) is 4.79 Å². The molecule has 0 aliphatic rings. The molecule has 0 saturated carbocycles. The summed E-state index contributed by atoms with van der Waals surface area (Å²) < 4.78 is 6.00. The highest BCUT2D eigenvalue weighted by Crippen LogP contribution is 2.10. The molecule has 1 aromatic rings. The number of hydrogen-bond acceptors (Lipinski definition) is 3. The summed E-state index contributed by atoms with van der Waals surface area (Å²) in [6.45, 7) is 5.42. The van der Waals surface area contributed by atoms with Crippen molar-refractivity contribution in [2.24, 2.45) is 0 Å². The lowest BCUT2D eigenvalue weighted by Crippen LogP contribution is -2.29. The van der Waals surface area contributed by atoms with Crippen LogP contribution in [0.25, 0.3) is 0 Å². The van der Waals surface area contributed by atoms with E-state index in [1.54, 1.807) is 20.8 Å². The lowest BCUT2D eigenvalue weighted by Gasteiger charge is -2.18. The maximum absolute atomic E-state index is 11.5. The average Bonchev–Trinajstić information content (AvgIpc) is 2.02. The highest BCUT2D eigenvalue weighted by atomic mass is 16.6. The summed E-state index contributed by atoms with van der Waals surface area (Å²) in [5.74, 6) is -0.391. The maximum atomic E-state index is 11.5. The van der Waals surface area contributed by atoms with Crippen LogP contribution in [-0.4, -0.2) is 16.8 Å². The number of rotatable bonds is 1. The third-order valence-electron chi connectivity index (χ3n) is 1.45. The molecule has 1 heterocycles. The Bertz CT molecular complexity index is 324. The Morgan fingerprint density at radius 2 is 1.86 bits per heavy atom. The zero-order valence-electron chi connectivity index (χ0n) is 8.52. The second-order valence-corrected chi connectivity index (χ2v) is 3.97. The molecule has 1 aromatic heterocycles. The molecular formula is C10H14NO3+. The lowest BCUT2D eigenvalue weighted by molar-refractivity contribution is -0.904. The molecule has 1 N–H and O–H groups in total. The SMILES string of the molecule is CC(C)(C)OC(=O)c1cc[n+](O)cc1. The van der Waals surface area contributed by atoms with Crippen LogP contribution >= 0.6 is 0 Å². The van der Waals surface area contributed by atoms with Crippen LogP contribution in [-0.2, 0) is 4.74 Å². The van der Waals surface area contributed by atoms with Crippen molar-refractivity contribution in [3.05, 3.63) is 30.1 Å². The largest absolute Gasteiger partial charge is 0.456 e. The van der Waals surface area contributed by atoms with Crippen molar-refractivity contribution >= 4 is 5.97 Å². The minimum atomic E-state index is -0.498. The first kappa shape index (κ1) is 10.5. The zero-order valence-corrected chi connectivity index (χ0v) is 8.52. The van der Waals surface area contributed by atoms with Gasteiger partial charge < -0.3 is 4.74 Å². The molecular weight excluding hydrogens is 182 g/mol. The van der Waals surface area contributed by atoms with Gasteiger partial charge in [-0.1, -0.05) is 0 Å². The predicted octanol–water partition coefficient (Wildman–Crippen LogP) is 1.17. The fraction of sp³-hybridized carbons (Fsp3) is 0.400. The molecule has 0 unspecified atom stereocenters. The molecule has 0 aliphatic heterocycles. The van der Waals surface area contributed by atoms with E-state index in [-0.39, 0.29) is 0 Å². The summed E-state index contributed by atoms with van der Waals surface area (Å²) in [5.41, 5.74) is -0.0764. The van der Waals surface area contributed by atoms with Crippen LogP contribution < -0.4 is 4.73 Å². The summed E-state index contributed by atoms with van der Waals surface area (Å²) >= 11 is 0. The fourth-order valence-corrected chi connectivity index (χ4v) is 0.892. The van der Waals surface area contributed by atoms with E-state index in [0.717, 1.165) is 4.73 Å². The minimum Gasteiger partial charge on any atom is -0.456 e. The monoisotopic (exact) mass is 196 g/mol. The Morgan fingerprint density at radius 3 is 2.29 bits per heavy atom. The van der Waals surface area contributed by atoms with Crippen LogP contribution in [0.3, 0.4) is 0 Å². The molecule has 4 nitrogen and oxygen atoms in total. The van der Waals surface area contributed by atoms with Crippen molar-refractivity contribution in [2.75, 3.05) is 0 Å². The second kappa shape index (κ2) is 3.65. The molecule has 1 rings (SSSR count). The topological polar surface area (TPSA) is 50.4 Å². The molecule has 0 aromatic carbocycles.